The minimum Gasteiger partial charge on any atom is -0.347 e. The van der Waals surface area contributed by atoms with Gasteiger partial charge in [0, 0.05) is 17.9 Å². The Morgan fingerprint density at radius 3 is 2.58 bits per heavy atom. The Kier molecular flexibility index (Phi) is 5.48. The van der Waals surface area contributed by atoms with E-state index in [-0.39, 0.29) is 51.2 Å². The first kappa shape index (κ1) is 22.3. The highest BCUT2D eigenvalue weighted by molar-refractivity contribution is 7.90. The number of hydrogen-bond acceptors (Lipinski definition) is 4. The van der Waals surface area contributed by atoms with Gasteiger partial charge in [-0.3, -0.25) is 9.59 Å². The third-order valence-corrected chi connectivity index (χ3v) is 8.26. The van der Waals surface area contributed by atoms with Crippen LogP contribution in [0.4, 0.5) is 4.39 Å². The van der Waals surface area contributed by atoms with Gasteiger partial charge in [-0.1, -0.05) is 23.7 Å². The lowest BCUT2D eigenvalue weighted by Gasteiger charge is -2.29. The van der Waals surface area contributed by atoms with E-state index in [0.29, 0.717) is 12.0 Å². The minimum absolute atomic E-state index is 0.0116. The highest BCUT2D eigenvalue weighted by Crippen LogP contribution is 2.49. The van der Waals surface area contributed by atoms with Crippen LogP contribution >= 0.6 is 11.6 Å². The van der Waals surface area contributed by atoms with E-state index in [1.807, 2.05) is 0 Å². The second-order valence-corrected chi connectivity index (χ2v) is 11.7. The van der Waals surface area contributed by atoms with Crippen molar-refractivity contribution in [2.45, 2.75) is 48.7 Å². The van der Waals surface area contributed by atoms with Crippen LogP contribution in [-0.2, 0) is 14.6 Å². The fourth-order valence-electron chi connectivity index (χ4n) is 4.85. The Morgan fingerprint density at radius 1 is 1.15 bits per heavy atom. The summed E-state index contributed by atoms with van der Waals surface area (Å²) in [5, 5.41) is 3.09. The predicted molar refractivity (Wildman–Crippen MR) is 121 cm³/mol. The average molecular weight is 491 g/mol. The molecule has 0 spiro atoms. The molecule has 4 atom stereocenters. The molecule has 1 aliphatic heterocycles. The number of fused-ring (bicyclic) bond motifs is 1. The van der Waals surface area contributed by atoms with Gasteiger partial charge in [0.2, 0.25) is 5.91 Å². The van der Waals surface area contributed by atoms with Crippen LogP contribution in [0.25, 0.3) is 0 Å². The molecule has 33 heavy (non-hydrogen) atoms. The van der Waals surface area contributed by atoms with Gasteiger partial charge in [0.25, 0.3) is 5.91 Å². The summed E-state index contributed by atoms with van der Waals surface area (Å²) in [6.45, 7) is 0. The summed E-state index contributed by atoms with van der Waals surface area (Å²) < 4.78 is 37.9. The molecule has 1 saturated heterocycles. The molecule has 0 radical (unpaired) electrons. The smallest absolute Gasteiger partial charge is 0.254 e. The molecular weight excluding hydrogens is 467 g/mol. The minimum atomic E-state index is -3.46. The third kappa shape index (κ3) is 4.38. The number of hydrogen-bond donors (Lipinski definition) is 1. The van der Waals surface area contributed by atoms with E-state index in [1.54, 1.807) is 17.0 Å². The lowest BCUT2D eigenvalue weighted by molar-refractivity contribution is -0.126. The molecule has 2 amide bonds. The number of amides is 2. The van der Waals surface area contributed by atoms with Gasteiger partial charge in [0.1, 0.15) is 11.9 Å². The maximum atomic E-state index is 14.1. The molecule has 5 rings (SSSR count). The van der Waals surface area contributed by atoms with Crippen molar-refractivity contribution < 1.29 is 22.4 Å². The maximum absolute atomic E-state index is 14.1. The number of rotatable bonds is 6. The molecular formula is C24H24ClFN2O4S. The summed E-state index contributed by atoms with van der Waals surface area (Å²) in [5.74, 6) is -0.636. The topological polar surface area (TPSA) is 83.6 Å². The number of piperidine rings is 1. The molecule has 1 unspecified atom stereocenters. The highest BCUT2D eigenvalue weighted by atomic mass is 35.5. The first-order valence-corrected chi connectivity index (χ1v) is 13.3. The van der Waals surface area contributed by atoms with Crippen LogP contribution < -0.4 is 5.32 Å². The monoisotopic (exact) mass is 490 g/mol. The van der Waals surface area contributed by atoms with Gasteiger partial charge in [-0.25, -0.2) is 12.8 Å². The van der Waals surface area contributed by atoms with Gasteiger partial charge in [0.05, 0.1) is 16.0 Å². The van der Waals surface area contributed by atoms with Crippen molar-refractivity contribution in [2.75, 3.05) is 6.26 Å². The van der Waals surface area contributed by atoms with E-state index in [2.05, 4.69) is 5.32 Å². The summed E-state index contributed by atoms with van der Waals surface area (Å²) in [7, 11) is -3.46. The summed E-state index contributed by atoms with van der Waals surface area (Å²) in [5.41, 5.74) is 0.913. The fraction of sp³-hybridized carbons (Fsp3) is 0.417. The maximum Gasteiger partial charge on any atom is 0.254 e. The standard InChI is InChI=1S/C24H24ClFN2O4S/c1-33(31,32)17-4-2-3-15(9-17)24(30)28-20-11-16(20)12-21(28)23(29)27-22(13-5-6-13)14-7-8-18(25)19(26)10-14/h2-4,7-10,13,16,20-22H,5-6,11-12H2,1H3,(H,27,29)/t16-,20-,21-,22?/m1/s1. The molecule has 3 aliphatic rings. The van der Waals surface area contributed by atoms with Crippen LogP contribution in [0.3, 0.4) is 0 Å². The van der Waals surface area contributed by atoms with Crippen molar-refractivity contribution in [2.24, 2.45) is 11.8 Å². The third-order valence-electron chi connectivity index (χ3n) is 6.84. The Bertz CT molecular complexity index is 1250. The number of carbonyl (C=O) groups excluding carboxylic acids is 2. The quantitative estimate of drug-likeness (QED) is 0.668. The Balaban J connectivity index is 1.38. The van der Waals surface area contributed by atoms with Crippen LogP contribution in [0, 0.1) is 17.7 Å². The van der Waals surface area contributed by atoms with Gasteiger partial charge >= 0.3 is 0 Å². The number of halogens is 2. The number of nitrogens with one attached hydrogen (secondary N) is 1. The van der Waals surface area contributed by atoms with Crippen molar-refractivity contribution in [3.63, 3.8) is 0 Å². The molecule has 2 aromatic carbocycles. The summed E-state index contributed by atoms with van der Waals surface area (Å²) in [6, 6.07) is 9.51. The molecule has 0 aromatic heterocycles. The number of carbonyl (C=O) groups is 2. The van der Waals surface area contributed by atoms with Gasteiger partial charge in [-0.05, 0) is 73.4 Å². The van der Waals surface area contributed by atoms with Crippen LogP contribution in [0.2, 0.25) is 5.02 Å². The molecule has 1 heterocycles. The molecule has 9 heteroatoms. The molecule has 174 valence electrons. The molecule has 2 saturated carbocycles. The Labute approximate surface area is 197 Å². The van der Waals surface area contributed by atoms with Crippen LogP contribution in [0.15, 0.2) is 47.4 Å². The number of sulfone groups is 1. The van der Waals surface area contributed by atoms with E-state index in [4.69, 9.17) is 11.6 Å². The average Bonchev–Trinajstić information content (AvgIpc) is 3.71. The second kappa shape index (κ2) is 8.09. The number of nitrogens with zero attached hydrogens (tertiary/aromatic N) is 1. The zero-order valence-electron chi connectivity index (χ0n) is 18.0. The Morgan fingerprint density at radius 2 is 1.91 bits per heavy atom. The zero-order chi connectivity index (χ0) is 23.5. The van der Waals surface area contributed by atoms with Crippen molar-refractivity contribution in [1.82, 2.24) is 10.2 Å². The van der Waals surface area contributed by atoms with E-state index < -0.39 is 21.7 Å². The van der Waals surface area contributed by atoms with Gasteiger partial charge in [-0.2, -0.15) is 0 Å². The van der Waals surface area contributed by atoms with E-state index in [0.717, 1.165) is 25.5 Å². The molecule has 2 aliphatic carbocycles. The van der Waals surface area contributed by atoms with Crippen molar-refractivity contribution in [3.8, 4) is 0 Å². The van der Waals surface area contributed by atoms with Crippen molar-refractivity contribution >= 4 is 33.3 Å². The zero-order valence-corrected chi connectivity index (χ0v) is 19.6. The summed E-state index contributed by atoms with van der Waals surface area (Å²) >= 11 is 5.82. The van der Waals surface area contributed by atoms with Gasteiger partial charge < -0.3 is 10.2 Å². The van der Waals surface area contributed by atoms with Crippen LogP contribution in [-0.4, -0.2) is 43.5 Å². The first-order chi connectivity index (χ1) is 15.6. The SMILES string of the molecule is CS(=O)(=O)c1cccc(C(=O)N2[C@@H](C(=O)NC(c3ccc(Cl)c(F)c3)C3CC3)C[C@H]3C[C@H]32)c1. The summed E-state index contributed by atoms with van der Waals surface area (Å²) in [6.07, 6.45) is 4.38. The molecule has 0 bridgehead atoms. The summed E-state index contributed by atoms with van der Waals surface area (Å²) in [4.78, 5) is 28.4. The Hall–Kier alpha value is -2.45. The van der Waals surface area contributed by atoms with Crippen LogP contribution in [0.1, 0.15) is 47.6 Å². The highest BCUT2D eigenvalue weighted by Gasteiger charge is 2.56. The van der Waals surface area contributed by atoms with E-state index >= 15 is 0 Å². The fourth-order valence-corrected chi connectivity index (χ4v) is 5.63. The van der Waals surface area contributed by atoms with E-state index in [1.165, 1.54) is 30.3 Å². The van der Waals surface area contributed by atoms with Gasteiger partial charge in [-0.15, -0.1) is 0 Å². The number of benzene rings is 2. The lowest BCUT2D eigenvalue weighted by atomic mass is 10.0. The molecule has 2 aromatic rings. The number of likely N-dealkylation sites (tertiary alicyclic amines) is 1. The largest absolute Gasteiger partial charge is 0.347 e. The predicted octanol–water partition coefficient (Wildman–Crippen LogP) is 3.75. The molecule has 3 fully saturated rings. The van der Waals surface area contributed by atoms with Crippen molar-refractivity contribution in [1.29, 1.82) is 0 Å². The van der Waals surface area contributed by atoms with Crippen LogP contribution in [0.5, 0.6) is 0 Å². The first-order valence-electron chi connectivity index (χ1n) is 11.0. The van der Waals surface area contributed by atoms with E-state index in [9.17, 15) is 22.4 Å². The van der Waals surface area contributed by atoms with Gasteiger partial charge in [0.15, 0.2) is 9.84 Å². The molecule has 1 N–H and O–H groups in total. The second-order valence-electron chi connectivity index (χ2n) is 9.32. The van der Waals surface area contributed by atoms with Crippen molar-refractivity contribution in [3.05, 3.63) is 64.4 Å². The lowest BCUT2D eigenvalue weighted by Crippen LogP contribution is -2.49. The normalized spacial score (nSPS) is 24.8. The molecule has 6 nitrogen and oxygen atoms in total.